The van der Waals surface area contributed by atoms with E-state index in [4.69, 9.17) is 4.74 Å². The highest BCUT2D eigenvalue weighted by molar-refractivity contribution is 5.78. The van der Waals surface area contributed by atoms with E-state index >= 15 is 0 Å². The van der Waals surface area contributed by atoms with Crippen LogP contribution in [0.15, 0.2) is 122 Å². The molecule has 3 atom stereocenters. The highest BCUT2D eigenvalue weighted by atomic mass is 16.5. The summed E-state index contributed by atoms with van der Waals surface area (Å²) in [5.74, 6) is -0.692. The van der Waals surface area contributed by atoms with E-state index in [0.717, 1.165) is 83.5 Å². The molecule has 6 heteroatoms. The fourth-order valence-corrected chi connectivity index (χ4v) is 6.32. The molecule has 0 aromatic rings. The lowest BCUT2D eigenvalue weighted by molar-refractivity contribution is -0.148. The maximum Gasteiger partial charge on any atom is 0.306 e. The van der Waals surface area contributed by atoms with Gasteiger partial charge in [0.15, 0.2) is 0 Å². The van der Waals surface area contributed by atoms with Gasteiger partial charge in [-0.1, -0.05) is 213 Å². The summed E-state index contributed by atoms with van der Waals surface area (Å²) in [6.45, 7) is 6.15. The largest absolute Gasteiger partial charge is 0.458 e. The number of carbonyl (C=O) groups excluding carboxylic acids is 2. The average molecular weight is 830 g/mol. The molecule has 0 aromatic carbocycles. The molecule has 0 bridgehead atoms. The molecule has 6 nitrogen and oxygen atoms in total. The lowest BCUT2D eigenvalue weighted by Gasteiger charge is -2.23. The number of carbonyl (C=O) groups is 2. The van der Waals surface area contributed by atoms with E-state index in [9.17, 15) is 19.8 Å². The van der Waals surface area contributed by atoms with Gasteiger partial charge in [-0.05, 0) is 76.7 Å². The van der Waals surface area contributed by atoms with Crippen molar-refractivity contribution in [3.8, 4) is 0 Å². The van der Waals surface area contributed by atoms with Crippen molar-refractivity contribution >= 4 is 11.9 Å². The second-order valence-electron chi connectivity index (χ2n) is 15.5. The summed E-state index contributed by atoms with van der Waals surface area (Å²) >= 11 is 0. The molecule has 60 heavy (non-hydrogen) atoms. The zero-order chi connectivity index (χ0) is 43.8. The van der Waals surface area contributed by atoms with Crippen LogP contribution in [0.25, 0.3) is 0 Å². The summed E-state index contributed by atoms with van der Waals surface area (Å²) in [6.07, 6.45) is 64.3. The molecule has 0 heterocycles. The Hall–Kier alpha value is -3.74. The highest BCUT2D eigenvalue weighted by Gasteiger charge is 2.23. The number of nitrogens with one attached hydrogen (secondary N) is 1. The first-order valence-electron chi connectivity index (χ1n) is 23.8. The number of aliphatic hydroxyl groups is 2. The molecular formula is C54H87NO5. The number of ether oxygens (including phenoxy) is 1. The molecule has 0 spiro atoms. The van der Waals surface area contributed by atoms with Crippen LogP contribution in [0.2, 0.25) is 0 Å². The van der Waals surface area contributed by atoms with Crippen molar-refractivity contribution in [2.75, 3.05) is 6.61 Å². The Balaban J connectivity index is 4.90. The molecule has 0 saturated heterocycles. The predicted molar refractivity (Wildman–Crippen MR) is 259 cm³/mol. The minimum atomic E-state index is -0.833. The molecule has 0 aromatic heterocycles. The van der Waals surface area contributed by atoms with E-state index in [1.54, 1.807) is 6.08 Å². The van der Waals surface area contributed by atoms with Crippen molar-refractivity contribution in [3.63, 3.8) is 0 Å². The monoisotopic (exact) mass is 830 g/mol. The first kappa shape index (κ1) is 56.3. The molecule has 338 valence electrons. The zero-order valence-corrected chi connectivity index (χ0v) is 38.3. The van der Waals surface area contributed by atoms with Crippen molar-refractivity contribution in [2.24, 2.45) is 0 Å². The number of allylic oxidation sites excluding steroid dienone is 19. The molecule has 0 aliphatic rings. The summed E-state index contributed by atoms with van der Waals surface area (Å²) in [7, 11) is 0. The fourth-order valence-electron chi connectivity index (χ4n) is 6.32. The van der Waals surface area contributed by atoms with Gasteiger partial charge in [0.1, 0.15) is 6.10 Å². The molecule has 1 amide bonds. The minimum absolute atomic E-state index is 0.0715. The molecule has 0 aliphatic heterocycles. The third-order valence-electron chi connectivity index (χ3n) is 9.88. The molecule has 0 radical (unpaired) electrons. The van der Waals surface area contributed by atoms with Crippen molar-refractivity contribution in [3.05, 3.63) is 122 Å². The standard InChI is InChI=1S/C54H87NO5/c1-4-7-10-13-16-19-22-24-25-26-27-29-31-33-36-39-42-45-50(60-54(59)47-44-41-38-35-32-28-23-20-17-14-11-8-5-2)48-53(58)55-51(49-56)52(57)46-43-40-37-34-30-21-18-15-12-9-6-3/h7-8,10-11,14,16-17,19-20,23-25,27-29,32-33,36,42,45,50-52,56-57H,4-6,9,12-13,15,18,21-22,26,30-31,34-35,37-41,43-44,46-49H2,1-3H3,(H,55,58)/b10-7-,11-8+,17-14+,19-16-,23-20-,25-24-,29-27-,32-28-,36-33-,45-42-. The fraction of sp³-hybridized carbons (Fsp3) is 0.593. The number of rotatable bonds is 40. The van der Waals surface area contributed by atoms with Crippen LogP contribution in [-0.2, 0) is 14.3 Å². The number of unbranched alkanes of at least 4 members (excludes halogenated alkanes) is 13. The van der Waals surface area contributed by atoms with E-state index in [2.05, 4.69) is 99.0 Å². The van der Waals surface area contributed by atoms with Gasteiger partial charge in [0.25, 0.3) is 0 Å². The summed E-state index contributed by atoms with van der Waals surface area (Å²) in [5.41, 5.74) is 0. The van der Waals surface area contributed by atoms with E-state index in [1.165, 1.54) is 51.4 Å². The van der Waals surface area contributed by atoms with Crippen LogP contribution >= 0.6 is 0 Å². The third kappa shape index (κ3) is 41.0. The Morgan fingerprint density at radius 2 is 1.00 bits per heavy atom. The quantitative estimate of drug-likeness (QED) is 0.0247. The maximum atomic E-state index is 13.1. The van der Waals surface area contributed by atoms with Gasteiger partial charge in [0, 0.05) is 6.42 Å². The van der Waals surface area contributed by atoms with Crippen LogP contribution in [0.1, 0.15) is 181 Å². The molecule has 0 aliphatic carbocycles. The zero-order valence-electron chi connectivity index (χ0n) is 38.3. The van der Waals surface area contributed by atoms with Gasteiger partial charge < -0.3 is 20.3 Å². The SMILES string of the molecule is CC/C=C\C/C=C\C/C=C\C/C=C\C/C=C\C/C=C\C(CC(=O)NC(CO)C(O)CCCCCCCCCCCCC)OC(=O)CCCCC\C=C/C=C\C=C\C=C\CC. The topological polar surface area (TPSA) is 95.9 Å². The number of amides is 1. The van der Waals surface area contributed by atoms with Crippen molar-refractivity contribution in [1.29, 1.82) is 0 Å². The van der Waals surface area contributed by atoms with Gasteiger partial charge >= 0.3 is 5.97 Å². The van der Waals surface area contributed by atoms with Gasteiger partial charge in [0.05, 0.1) is 25.2 Å². The number of hydrogen-bond donors (Lipinski definition) is 3. The Labute approximate surface area is 368 Å². The van der Waals surface area contributed by atoms with E-state index in [0.29, 0.717) is 12.8 Å². The van der Waals surface area contributed by atoms with Gasteiger partial charge in [-0.2, -0.15) is 0 Å². The van der Waals surface area contributed by atoms with Gasteiger partial charge in [0.2, 0.25) is 5.91 Å². The molecule has 0 fully saturated rings. The Kier molecular flexibility index (Phi) is 43.4. The molecule has 0 rings (SSSR count). The van der Waals surface area contributed by atoms with Crippen molar-refractivity contribution in [2.45, 2.75) is 200 Å². The number of aliphatic hydroxyl groups excluding tert-OH is 2. The summed E-state index contributed by atoms with van der Waals surface area (Å²) < 4.78 is 5.78. The van der Waals surface area contributed by atoms with Gasteiger partial charge in [-0.3, -0.25) is 9.59 Å². The Morgan fingerprint density at radius 1 is 0.533 bits per heavy atom. The van der Waals surface area contributed by atoms with Crippen LogP contribution in [0.4, 0.5) is 0 Å². The minimum Gasteiger partial charge on any atom is -0.458 e. The van der Waals surface area contributed by atoms with E-state index < -0.39 is 18.2 Å². The molecule has 3 unspecified atom stereocenters. The van der Waals surface area contributed by atoms with Crippen LogP contribution in [0.5, 0.6) is 0 Å². The molecular weight excluding hydrogens is 743 g/mol. The summed E-state index contributed by atoms with van der Waals surface area (Å²) in [5, 5.41) is 23.6. The highest BCUT2D eigenvalue weighted by Crippen LogP contribution is 2.14. The molecule has 0 saturated carbocycles. The predicted octanol–water partition coefficient (Wildman–Crippen LogP) is 14.1. The van der Waals surface area contributed by atoms with E-state index in [1.807, 2.05) is 42.5 Å². The average Bonchev–Trinajstić information content (AvgIpc) is 3.24. The first-order chi connectivity index (χ1) is 29.5. The van der Waals surface area contributed by atoms with Gasteiger partial charge in [-0.15, -0.1) is 0 Å². The Bertz CT molecular complexity index is 1300. The number of esters is 1. The third-order valence-corrected chi connectivity index (χ3v) is 9.88. The summed E-state index contributed by atoms with van der Waals surface area (Å²) in [4.78, 5) is 26.0. The maximum absolute atomic E-state index is 13.1. The van der Waals surface area contributed by atoms with Crippen LogP contribution < -0.4 is 5.32 Å². The normalized spacial score (nSPS) is 14.4. The van der Waals surface area contributed by atoms with Crippen molar-refractivity contribution in [1.82, 2.24) is 5.32 Å². The lowest BCUT2D eigenvalue weighted by Crippen LogP contribution is -2.46. The second-order valence-corrected chi connectivity index (χ2v) is 15.5. The van der Waals surface area contributed by atoms with Crippen LogP contribution in [-0.4, -0.2) is 46.9 Å². The summed E-state index contributed by atoms with van der Waals surface area (Å²) in [6, 6.07) is -0.758. The van der Waals surface area contributed by atoms with Crippen LogP contribution in [0, 0.1) is 0 Å². The van der Waals surface area contributed by atoms with E-state index in [-0.39, 0.29) is 31.3 Å². The van der Waals surface area contributed by atoms with Gasteiger partial charge in [-0.25, -0.2) is 0 Å². The molecule has 3 N–H and O–H groups in total. The lowest BCUT2D eigenvalue weighted by atomic mass is 10.0. The van der Waals surface area contributed by atoms with Crippen LogP contribution in [0.3, 0.4) is 0 Å². The number of hydrogen-bond acceptors (Lipinski definition) is 5. The Morgan fingerprint density at radius 3 is 1.53 bits per heavy atom. The van der Waals surface area contributed by atoms with Crippen molar-refractivity contribution < 1.29 is 24.5 Å². The second kappa shape index (κ2) is 46.3. The first-order valence-corrected chi connectivity index (χ1v) is 23.8. The smallest absolute Gasteiger partial charge is 0.306 e.